The van der Waals surface area contributed by atoms with Gasteiger partial charge in [0.2, 0.25) is 5.91 Å². The summed E-state index contributed by atoms with van der Waals surface area (Å²) in [5.74, 6) is -0.0956. The molecule has 0 aliphatic rings. The van der Waals surface area contributed by atoms with E-state index in [1.165, 1.54) is 23.2 Å². The van der Waals surface area contributed by atoms with Gasteiger partial charge in [-0.05, 0) is 0 Å². The molecule has 0 radical (unpaired) electrons. The Bertz CT molecular complexity index is 308. The molecule has 0 N–H and O–H groups in total. The molecule has 1 amide bonds. The zero-order valence-corrected chi connectivity index (χ0v) is 7.59. The van der Waals surface area contributed by atoms with Crippen molar-refractivity contribution in [2.75, 3.05) is 11.9 Å². The Balaban J connectivity index is 2.88. The van der Waals surface area contributed by atoms with Crippen molar-refractivity contribution in [2.45, 2.75) is 6.92 Å². The SMILES string of the molecule is CC(=O)N(C)c1nc(C=O)cs1. The highest BCUT2D eigenvalue weighted by Crippen LogP contribution is 2.17. The zero-order chi connectivity index (χ0) is 9.14. The van der Waals surface area contributed by atoms with Crippen molar-refractivity contribution in [3.05, 3.63) is 11.1 Å². The highest BCUT2D eigenvalue weighted by molar-refractivity contribution is 7.14. The van der Waals surface area contributed by atoms with Crippen LogP contribution in [0, 0.1) is 0 Å². The molecule has 0 aliphatic carbocycles. The van der Waals surface area contributed by atoms with Gasteiger partial charge in [0.1, 0.15) is 5.69 Å². The summed E-state index contributed by atoms with van der Waals surface area (Å²) in [5, 5.41) is 2.16. The molecule has 1 heterocycles. The number of hydrogen-bond donors (Lipinski definition) is 0. The smallest absolute Gasteiger partial charge is 0.225 e. The molecule has 0 atom stereocenters. The van der Waals surface area contributed by atoms with Crippen molar-refractivity contribution in [1.29, 1.82) is 0 Å². The molecular formula is C7H8N2O2S. The number of carbonyl (C=O) groups excluding carboxylic acids is 2. The molecule has 5 heteroatoms. The van der Waals surface area contributed by atoms with E-state index in [9.17, 15) is 9.59 Å². The summed E-state index contributed by atoms with van der Waals surface area (Å²) in [5.41, 5.74) is 0.364. The number of carbonyl (C=O) groups is 2. The molecule has 0 unspecified atom stereocenters. The number of anilines is 1. The van der Waals surface area contributed by atoms with E-state index in [0.717, 1.165) is 0 Å². The second-order valence-electron chi connectivity index (χ2n) is 2.25. The summed E-state index contributed by atoms with van der Waals surface area (Å²) >= 11 is 1.27. The Morgan fingerprint density at radius 3 is 2.83 bits per heavy atom. The molecule has 0 aliphatic heterocycles. The summed E-state index contributed by atoms with van der Waals surface area (Å²) in [6, 6.07) is 0. The van der Waals surface area contributed by atoms with Gasteiger partial charge in [0.25, 0.3) is 0 Å². The number of rotatable bonds is 2. The Morgan fingerprint density at radius 1 is 1.75 bits per heavy atom. The first kappa shape index (κ1) is 8.86. The molecule has 4 nitrogen and oxygen atoms in total. The second-order valence-corrected chi connectivity index (χ2v) is 3.09. The Hall–Kier alpha value is -1.23. The molecule has 1 aromatic heterocycles. The van der Waals surface area contributed by atoms with Gasteiger partial charge < -0.3 is 0 Å². The first-order valence-electron chi connectivity index (χ1n) is 3.30. The van der Waals surface area contributed by atoms with E-state index in [2.05, 4.69) is 4.98 Å². The van der Waals surface area contributed by atoms with Crippen molar-refractivity contribution < 1.29 is 9.59 Å². The van der Waals surface area contributed by atoms with Crippen LogP contribution < -0.4 is 4.90 Å². The van der Waals surface area contributed by atoms with E-state index >= 15 is 0 Å². The number of thiazole rings is 1. The summed E-state index contributed by atoms with van der Waals surface area (Å²) in [6.45, 7) is 1.45. The predicted octanol–water partition coefficient (Wildman–Crippen LogP) is 0.938. The molecule has 1 aromatic rings. The lowest BCUT2D eigenvalue weighted by Crippen LogP contribution is -2.22. The standard InChI is InChI=1S/C7H8N2O2S/c1-5(11)9(2)7-8-6(3-10)4-12-7/h3-4H,1-2H3. The van der Waals surface area contributed by atoms with E-state index in [1.807, 2.05) is 0 Å². The summed E-state index contributed by atoms with van der Waals surface area (Å²) < 4.78 is 0. The summed E-state index contributed by atoms with van der Waals surface area (Å²) in [4.78, 5) is 26.4. The van der Waals surface area contributed by atoms with Gasteiger partial charge in [0.05, 0.1) is 0 Å². The second kappa shape index (κ2) is 3.44. The minimum absolute atomic E-state index is 0.0956. The number of nitrogens with zero attached hydrogens (tertiary/aromatic N) is 2. The van der Waals surface area contributed by atoms with E-state index in [0.29, 0.717) is 17.1 Å². The maximum absolute atomic E-state index is 10.8. The molecule has 12 heavy (non-hydrogen) atoms. The van der Waals surface area contributed by atoms with E-state index in [-0.39, 0.29) is 5.91 Å². The van der Waals surface area contributed by atoms with Crippen LogP contribution in [0.2, 0.25) is 0 Å². The van der Waals surface area contributed by atoms with Crippen LogP contribution in [0.4, 0.5) is 5.13 Å². The molecule has 0 saturated carbocycles. The fourth-order valence-electron chi connectivity index (χ4n) is 0.619. The Morgan fingerprint density at radius 2 is 2.42 bits per heavy atom. The van der Waals surface area contributed by atoms with Gasteiger partial charge in [-0.2, -0.15) is 0 Å². The van der Waals surface area contributed by atoms with Gasteiger partial charge in [0.15, 0.2) is 11.4 Å². The molecule has 0 saturated heterocycles. The molecule has 0 bridgehead atoms. The van der Waals surface area contributed by atoms with Crippen molar-refractivity contribution >= 4 is 28.7 Å². The van der Waals surface area contributed by atoms with Crippen LogP contribution in [0.1, 0.15) is 17.4 Å². The normalized spacial score (nSPS) is 9.50. The number of amides is 1. The van der Waals surface area contributed by atoms with Gasteiger partial charge in [-0.3, -0.25) is 14.5 Å². The van der Waals surface area contributed by atoms with Crippen LogP contribution >= 0.6 is 11.3 Å². The van der Waals surface area contributed by atoms with Crippen LogP contribution in [0.25, 0.3) is 0 Å². The highest BCUT2D eigenvalue weighted by atomic mass is 32.1. The Labute approximate surface area is 73.8 Å². The van der Waals surface area contributed by atoms with Crippen LogP contribution in [-0.2, 0) is 4.79 Å². The largest absolute Gasteiger partial charge is 0.296 e. The number of hydrogen-bond acceptors (Lipinski definition) is 4. The fraction of sp³-hybridized carbons (Fsp3) is 0.286. The minimum Gasteiger partial charge on any atom is -0.296 e. The lowest BCUT2D eigenvalue weighted by Gasteiger charge is -2.08. The third kappa shape index (κ3) is 1.68. The highest BCUT2D eigenvalue weighted by Gasteiger charge is 2.09. The van der Waals surface area contributed by atoms with Crippen LogP contribution in [0.5, 0.6) is 0 Å². The third-order valence-electron chi connectivity index (χ3n) is 1.39. The zero-order valence-electron chi connectivity index (χ0n) is 6.77. The summed E-state index contributed by atoms with van der Waals surface area (Å²) in [7, 11) is 1.62. The van der Waals surface area contributed by atoms with E-state index in [1.54, 1.807) is 12.4 Å². The number of aldehydes is 1. The van der Waals surface area contributed by atoms with Crippen molar-refractivity contribution in [3.63, 3.8) is 0 Å². The molecule has 0 fully saturated rings. The average molecular weight is 184 g/mol. The van der Waals surface area contributed by atoms with Gasteiger partial charge in [0, 0.05) is 19.4 Å². The lowest BCUT2D eigenvalue weighted by atomic mass is 10.6. The Kier molecular flexibility index (Phi) is 2.54. The maximum atomic E-state index is 10.8. The van der Waals surface area contributed by atoms with Crippen LogP contribution in [0.15, 0.2) is 5.38 Å². The minimum atomic E-state index is -0.0956. The molecule has 64 valence electrons. The van der Waals surface area contributed by atoms with E-state index < -0.39 is 0 Å². The first-order chi connectivity index (χ1) is 5.65. The number of aromatic nitrogens is 1. The molecule has 0 aromatic carbocycles. The third-order valence-corrected chi connectivity index (χ3v) is 2.33. The lowest BCUT2D eigenvalue weighted by molar-refractivity contribution is -0.116. The monoisotopic (exact) mass is 184 g/mol. The van der Waals surface area contributed by atoms with E-state index in [4.69, 9.17) is 0 Å². The topological polar surface area (TPSA) is 50.3 Å². The maximum Gasteiger partial charge on any atom is 0.225 e. The van der Waals surface area contributed by atoms with Crippen molar-refractivity contribution in [3.8, 4) is 0 Å². The van der Waals surface area contributed by atoms with Crippen molar-refractivity contribution in [1.82, 2.24) is 4.98 Å². The first-order valence-corrected chi connectivity index (χ1v) is 4.18. The average Bonchev–Trinajstić information content (AvgIpc) is 2.50. The van der Waals surface area contributed by atoms with Gasteiger partial charge in [-0.15, -0.1) is 11.3 Å². The van der Waals surface area contributed by atoms with Crippen LogP contribution in [-0.4, -0.2) is 24.2 Å². The quantitative estimate of drug-likeness (QED) is 0.643. The molecular weight excluding hydrogens is 176 g/mol. The van der Waals surface area contributed by atoms with Crippen molar-refractivity contribution in [2.24, 2.45) is 0 Å². The summed E-state index contributed by atoms with van der Waals surface area (Å²) in [6.07, 6.45) is 0.661. The predicted molar refractivity (Wildman–Crippen MR) is 46.6 cm³/mol. The van der Waals surface area contributed by atoms with Gasteiger partial charge in [-0.1, -0.05) is 0 Å². The van der Waals surface area contributed by atoms with Crippen LogP contribution in [0.3, 0.4) is 0 Å². The van der Waals surface area contributed by atoms with Gasteiger partial charge in [-0.25, -0.2) is 4.98 Å². The molecule has 0 spiro atoms. The molecule has 1 rings (SSSR count). The van der Waals surface area contributed by atoms with Gasteiger partial charge >= 0.3 is 0 Å². The fourth-order valence-corrected chi connectivity index (χ4v) is 1.40.